The van der Waals surface area contributed by atoms with Crippen molar-refractivity contribution in [2.45, 2.75) is 22.2 Å². The number of hydrogen-bond donors (Lipinski definition) is 0. The third-order valence-electron chi connectivity index (χ3n) is 6.14. The van der Waals surface area contributed by atoms with Gasteiger partial charge in [0.25, 0.3) is 5.91 Å². The zero-order valence-electron chi connectivity index (χ0n) is 16.7. The van der Waals surface area contributed by atoms with Gasteiger partial charge < -0.3 is 9.64 Å². The van der Waals surface area contributed by atoms with Crippen molar-refractivity contribution in [3.8, 4) is 0 Å². The molecule has 6 nitrogen and oxygen atoms in total. The van der Waals surface area contributed by atoms with Gasteiger partial charge in [-0.3, -0.25) is 19.3 Å². The van der Waals surface area contributed by atoms with Crippen LogP contribution in [-0.4, -0.2) is 41.4 Å². The summed E-state index contributed by atoms with van der Waals surface area (Å²) in [6.07, 6.45) is 1.11. The molecule has 0 radical (unpaired) electrons. The van der Waals surface area contributed by atoms with Crippen molar-refractivity contribution in [2.24, 2.45) is 0 Å². The van der Waals surface area contributed by atoms with Gasteiger partial charge in [-0.1, -0.05) is 6.07 Å². The Morgan fingerprint density at radius 1 is 1.09 bits per heavy atom. The van der Waals surface area contributed by atoms with Gasteiger partial charge >= 0.3 is 0 Å². The third-order valence-corrected chi connectivity index (χ3v) is 8.43. The van der Waals surface area contributed by atoms with Gasteiger partial charge in [-0.25, -0.2) is 8.78 Å². The number of pyridine rings is 1. The van der Waals surface area contributed by atoms with Crippen molar-refractivity contribution in [3.05, 3.63) is 86.2 Å². The van der Waals surface area contributed by atoms with Crippen LogP contribution in [0.25, 0.3) is 0 Å². The number of halogens is 2. The van der Waals surface area contributed by atoms with Crippen LogP contribution < -0.4 is 10.4 Å². The summed E-state index contributed by atoms with van der Waals surface area (Å²) >= 11 is 3.03. The summed E-state index contributed by atoms with van der Waals surface area (Å²) in [7, 11) is 0. The molecule has 1 saturated heterocycles. The maximum absolute atomic E-state index is 14.9. The molecule has 1 fully saturated rings. The highest BCUT2D eigenvalue weighted by atomic mass is 32.2. The van der Waals surface area contributed by atoms with E-state index in [1.54, 1.807) is 33.2 Å². The molecule has 5 heterocycles. The van der Waals surface area contributed by atoms with Crippen molar-refractivity contribution < 1.29 is 18.3 Å². The largest absolute Gasteiger partial charge is 0.375 e. The molecule has 1 aromatic carbocycles. The summed E-state index contributed by atoms with van der Waals surface area (Å²) in [5, 5.41) is 3.94. The third kappa shape index (κ3) is 2.86. The van der Waals surface area contributed by atoms with Crippen molar-refractivity contribution in [3.63, 3.8) is 0 Å². The Kier molecular flexibility index (Phi) is 4.63. The highest BCUT2D eigenvalue weighted by Crippen LogP contribution is 2.46. The van der Waals surface area contributed by atoms with E-state index in [1.807, 2.05) is 16.5 Å². The first-order chi connectivity index (χ1) is 15.5. The minimum absolute atomic E-state index is 0.244. The molecule has 2 atom stereocenters. The predicted molar refractivity (Wildman–Crippen MR) is 117 cm³/mol. The number of aromatic nitrogens is 1. The number of thioether (sulfide) groups is 1. The SMILES string of the molecule is O=C1c2cc(=O)ccn2N(C2c3ccsc3SCc3c2ccc(F)c3F)[C@@H]2COCCN12. The van der Waals surface area contributed by atoms with Crippen molar-refractivity contribution in [2.75, 3.05) is 24.8 Å². The number of fused-ring (bicyclic) bond motifs is 4. The van der Waals surface area contributed by atoms with E-state index >= 15 is 0 Å². The normalized spacial score (nSPS) is 22.0. The van der Waals surface area contributed by atoms with Crippen LogP contribution in [0.3, 0.4) is 0 Å². The van der Waals surface area contributed by atoms with Crippen LogP contribution in [0.15, 0.2) is 50.9 Å². The molecule has 0 N–H and O–H groups in total. The summed E-state index contributed by atoms with van der Waals surface area (Å²) in [5.41, 5.74) is 1.88. The minimum Gasteiger partial charge on any atom is -0.375 e. The van der Waals surface area contributed by atoms with Gasteiger partial charge in [0.15, 0.2) is 17.1 Å². The van der Waals surface area contributed by atoms with E-state index < -0.39 is 23.8 Å². The van der Waals surface area contributed by atoms with Gasteiger partial charge in [-0.2, -0.15) is 0 Å². The molecule has 0 aliphatic carbocycles. The van der Waals surface area contributed by atoms with E-state index in [0.29, 0.717) is 30.0 Å². The summed E-state index contributed by atoms with van der Waals surface area (Å²) in [4.78, 5) is 27.0. The number of morpholine rings is 1. The molecule has 164 valence electrons. The number of carbonyl (C=O) groups is 1. The summed E-state index contributed by atoms with van der Waals surface area (Å²) in [6.45, 7) is 1.04. The van der Waals surface area contributed by atoms with Crippen molar-refractivity contribution in [1.29, 1.82) is 0 Å². The maximum atomic E-state index is 14.9. The number of carbonyl (C=O) groups excluding carboxylic acids is 1. The Balaban J connectivity index is 1.64. The van der Waals surface area contributed by atoms with Crippen LogP contribution in [0.5, 0.6) is 0 Å². The van der Waals surface area contributed by atoms with E-state index in [0.717, 1.165) is 15.8 Å². The van der Waals surface area contributed by atoms with Gasteiger partial charge in [0.05, 0.1) is 17.4 Å². The van der Waals surface area contributed by atoms with Crippen LogP contribution in [0.2, 0.25) is 0 Å². The molecule has 0 bridgehead atoms. The fourth-order valence-electron chi connectivity index (χ4n) is 4.69. The minimum atomic E-state index is -0.881. The Bertz CT molecular complexity index is 1310. The van der Waals surface area contributed by atoms with Crippen LogP contribution in [0, 0.1) is 11.6 Å². The molecule has 3 aromatic rings. The fraction of sp³-hybridized carbons (Fsp3) is 0.273. The molecule has 6 rings (SSSR count). The van der Waals surface area contributed by atoms with E-state index in [2.05, 4.69) is 0 Å². The lowest BCUT2D eigenvalue weighted by atomic mass is 9.94. The van der Waals surface area contributed by atoms with Gasteiger partial charge in [0.1, 0.15) is 17.9 Å². The first-order valence-corrected chi connectivity index (χ1v) is 12.0. The highest BCUT2D eigenvalue weighted by Gasteiger charge is 2.45. The quantitative estimate of drug-likeness (QED) is 0.543. The first kappa shape index (κ1) is 20.0. The van der Waals surface area contributed by atoms with Gasteiger partial charge in [0.2, 0.25) is 0 Å². The van der Waals surface area contributed by atoms with E-state index in [-0.39, 0.29) is 23.6 Å². The number of ether oxygens (including phenoxy) is 1. The molecule has 3 aliphatic heterocycles. The number of rotatable bonds is 1. The zero-order chi connectivity index (χ0) is 22.0. The van der Waals surface area contributed by atoms with E-state index in [9.17, 15) is 18.4 Å². The molecular formula is C22H17F2N3O3S2. The molecule has 2 aromatic heterocycles. The molecule has 1 unspecified atom stereocenters. The monoisotopic (exact) mass is 473 g/mol. The van der Waals surface area contributed by atoms with Crippen molar-refractivity contribution in [1.82, 2.24) is 9.58 Å². The predicted octanol–water partition coefficient (Wildman–Crippen LogP) is 3.33. The number of nitrogens with zero attached hydrogens (tertiary/aromatic N) is 3. The molecule has 32 heavy (non-hydrogen) atoms. The zero-order valence-corrected chi connectivity index (χ0v) is 18.3. The second-order valence-corrected chi connectivity index (χ2v) is 9.97. The summed E-state index contributed by atoms with van der Waals surface area (Å²) in [6, 6.07) is 6.99. The smallest absolute Gasteiger partial charge is 0.274 e. The lowest BCUT2D eigenvalue weighted by Gasteiger charge is -2.51. The van der Waals surface area contributed by atoms with Crippen molar-refractivity contribution >= 4 is 29.0 Å². The molecule has 1 amide bonds. The Morgan fingerprint density at radius 3 is 2.84 bits per heavy atom. The number of amides is 1. The first-order valence-electron chi connectivity index (χ1n) is 10.1. The van der Waals surface area contributed by atoms with Crippen LogP contribution in [-0.2, 0) is 10.5 Å². The standard InChI is InChI=1S/C22H17F2N3O3S2/c23-16-2-1-13-15(19(16)24)11-32-22-14(4-8-31-22)20(13)27-18-10-30-7-6-25(18)21(29)17-9-12(28)3-5-26(17)27/h1-5,8-9,18,20H,6-7,10-11H2/t18-,20?/m1/s1. The van der Waals surface area contributed by atoms with Gasteiger partial charge in [-0.05, 0) is 23.1 Å². The lowest BCUT2D eigenvalue weighted by molar-refractivity contribution is -0.0194. The number of thiophene rings is 1. The van der Waals surface area contributed by atoms with E-state index in [4.69, 9.17) is 4.74 Å². The second-order valence-electron chi connectivity index (χ2n) is 7.81. The second kappa shape index (κ2) is 7.43. The average Bonchev–Trinajstić information content (AvgIpc) is 3.20. The topological polar surface area (TPSA) is 54.8 Å². The number of benzene rings is 1. The Labute approximate surface area is 190 Å². The average molecular weight is 474 g/mol. The highest BCUT2D eigenvalue weighted by molar-refractivity contribution is 8.00. The molecule has 3 aliphatic rings. The maximum Gasteiger partial charge on any atom is 0.274 e. The van der Waals surface area contributed by atoms with Crippen LogP contribution in [0.1, 0.15) is 33.2 Å². The molecule has 0 spiro atoms. The summed E-state index contributed by atoms with van der Waals surface area (Å²) < 4.78 is 37.5. The van der Waals surface area contributed by atoms with Crippen LogP contribution >= 0.6 is 23.1 Å². The fourth-order valence-corrected chi connectivity index (χ4v) is 6.88. The molecule has 0 saturated carbocycles. The Hall–Kier alpha value is -2.69. The molecular weight excluding hydrogens is 456 g/mol. The van der Waals surface area contributed by atoms with Gasteiger partial charge in [-0.15, -0.1) is 23.1 Å². The Morgan fingerprint density at radius 2 is 1.97 bits per heavy atom. The van der Waals surface area contributed by atoms with E-state index in [1.165, 1.54) is 23.9 Å². The van der Waals surface area contributed by atoms with Crippen LogP contribution in [0.4, 0.5) is 8.78 Å². The number of hydrogen-bond acceptors (Lipinski definition) is 6. The molecule has 10 heteroatoms. The summed E-state index contributed by atoms with van der Waals surface area (Å²) in [5.74, 6) is -1.67. The lowest BCUT2D eigenvalue weighted by Crippen LogP contribution is -2.66. The van der Waals surface area contributed by atoms with Gasteiger partial charge in [0, 0.05) is 41.8 Å².